The summed E-state index contributed by atoms with van der Waals surface area (Å²) in [7, 11) is 0. The normalized spacial score (nSPS) is 12.8. The fraction of sp³-hybridized carbons (Fsp3) is 0.533. The number of Topliss-reactive ketones (excluding diaryl/α,β-unsaturated/α-hetero) is 1. The number of ketones is 1. The van der Waals surface area contributed by atoms with Gasteiger partial charge in [-0.2, -0.15) is 0 Å². The van der Waals surface area contributed by atoms with Crippen LogP contribution in [0.5, 0.6) is 0 Å². The molecule has 0 N–H and O–H groups in total. The minimum absolute atomic E-state index is 0.155. The number of halogens is 1. The first-order chi connectivity index (χ1) is 8.31. The topological polar surface area (TPSA) is 17.1 Å². The molecule has 1 nitrogen and oxygen atoms in total. The molecule has 0 aliphatic heterocycles. The zero-order valence-electron chi connectivity index (χ0n) is 11.3. The first-order valence-corrected chi connectivity index (χ1v) is 7.62. The highest BCUT2D eigenvalue weighted by molar-refractivity contribution is 9.09. The van der Waals surface area contributed by atoms with Gasteiger partial charge in [0.05, 0.1) is 5.33 Å². The maximum Gasteiger partial charge on any atom is 0.173 e. The second kappa shape index (κ2) is 9.41. The molecular formula is C15H23BrO. The Labute approximate surface area is 114 Å². The molecule has 1 aromatic carbocycles. The Kier molecular flexibility index (Phi) is 9.06. The van der Waals surface area contributed by atoms with E-state index in [0.29, 0.717) is 5.33 Å². The highest BCUT2D eigenvalue weighted by Gasteiger charge is 2.23. The van der Waals surface area contributed by atoms with Gasteiger partial charge >= 0.3 is 0 Å². The molecule has 17 heavy (non-hydrogen) atoms. The summed E-state index contributed by atoms with van der Waals surface area (Å²) in [5.41, 5.74) is 2.19. The molecule has 0 unspecified atom stereocenters. The van der Waals surface area contributed by atoms with E-state index in [1.54, 1.807) is 0 Å². The number of alkyl halides is 1. The minimum Gasteiger partial charge on any atom is -0.293 e. The summed E-state index contributed by atoms with van der Waals surface area (Å²) >= 11 is 3.16. The average Bonchev–Trinajstić information content (AvgIpc) is 3.27. The largest absolute Gasteiger partial charge is 0.293 e. The first-order valence-electron chi connectivity index (χ1n) is 6.50. The first kappa shape index (κ1) is 16.4. The summed E-state index contributed by atoms with van der Waals surface area (Å²) in [6.45, 7) is 8.00. The van der Waals surface area contributed by atoms with Crippen LogP contribution in [0, 0.1) is 0 Å². The molecule has 0 spiro atoms. The quantitative estimate of drug-likeness (QED) is 0.554. The Morgan fingerprint density at radius 3 is 1.94 bits per heavy atom. The van der Waals surface area contributed by atoms with Gasteiger partial charge in [0.2, 0.25) is 0 Å². The van der Waals surface area contributed by atoms with E-state index in [2.05, 4.69) is 28.1 Å². The van der Waals surface area contributed by atoms with E-state index in [1.807, 2.05) is 39.8 Å². The van der Waals surface area contributed by atoms with Gasteiger partial charge in [-0.05, 0) is 24.3 Å². The predicted octanol–water partition coefficient (Wildman–Crippen LogP) is 5.19. The van der Waals surface area contributed by atoms with Crippen LogP contribution in [0.15, 0.2) is 24.3 Å². The number of carbonyl (C=O) groups is 1. The minimum atomic E-state index is 0.155. The lowest BCUT2D eigenvalue weighted by atomic mass is 10.1. The van der Waals surface area contributed by atoms with Crippen molar-refractivity contribution in [3.05, 3.63) is 35.4 Å². The third-order valence-corrected chi connectivity index (χ3v) is 2.91. The third-order valence-electron chi connectivity index (χ3n) is 2.40. The Balaban J connectivity index is 0.000000581. The van der Waals surface area contributed by atoms with Gasteiger partial charge in [0.25, 0.3) is 0 Å². The maximum atomic E-state index is 11.3. The van der Waals surface area contributed by atoms with Gasteiger partial charge in [-0.15, -0.1) is 0 Å². The Morgan fingerprint density at radius 1 is 1.12 bits per heavy atom. The van der Waals surface area contributed by atoms with Gasteiger partial charge in [-0.25, -0.2) is 0 Å². The molecule has 0 aromatic heterocycles. The molecule has 96 valence electrons. The lowest BCUT2D eigenvalue weighted by Gasteiger charge is -1.99. The van der Waals surface area contributed by atoms with Crippen LogP contribution in [0.3, 0.4) is 0 Å². The van der Waals surface area contributed by atoms with Crippen LogP contribution in [0.25, 0.3) is 0 Å². The van der Waals surface area contributed by atoms with Gasteiger partial charge in [0, 0.05) is 5.56 Å². The highest BCUT2D eigenvalue weighted by Crippen LogP contribution is 2.39. The molecule has 1 saturated carbocycles. The second-order valence-corrected chi connectivity index (χ2v) is 4.01. The number of carbonyl (C=O) groups excluding carboxylic acids is 1. The fourth-order valence-electron chi connectivity index (χ4n) is 1.43. The highest BCUT2D eigenvalue weighted by atomic mass is 79.9. The Morgan fingerprint density at radius 2 is 1.59 bits per heavy atom. The maximum absolute atomic E-state index is 11.3. The smallest absolute Gasteiger partial charge is 0.173 e. The summed E-state index contributed by atoms with van der Waals surface area (Å²) in [5, 5.41) is 0.412. The number of benzene rings is 1. The lowest BCUT2D eigenvalue weighted by molar-refractivity contribution is 0.102. The van der Waals surface area contributed by atoms with Crippen LogP contribution >= 0.6 is 15.9 Å². The van der Waals surface area contributed by atoms with Crippen LogP contribution in [-0.2, 0) is 0 Å². The van der Waals surface area contributed by atoms with Crippen molar-refractivity contribution in [2.75, 3.05) is 5.33 Å². The molecule has 1 aromatic rings. The van der Waals surface area contributed by atoms with Crippen LogP contribution < -0.4 is 0 Å². The molecule has 0 radical (unpaired) electrons. The second-order valence-electron chi connectivity index (χ2n) is 3.45. The van der Waals surface area contributed by atoms with Crippen molar-refractivity contribution in [1.82, 2.24) is 0 Å². The fourth-order valence-corrected chi connectivity index (χ4v) is 1.76. The van der Waals surface area contributed by atoms with Crippen LogP contribution in [-0.4, -0.2) is 11.1 Å². The summed E-state index contributed by atoms with van der Waals surface area (Å²) in [5.74, 6) is 0.926. The van der Waals surface area contributed by atoms with Crippen molar-refractivity contribution in [3.8, 4) is 0 Å². The standard InChI is InChI=1S/C11H11BrO.2C2H6/c12-7-11(13)10-5-3-9(4-6-10)8-1-2-8;2*1-2/h3-6,8H,1-2,7H2;2*1-2H3. The monoisotopic (exact) mass is 298 g/mol. The predicted molar refractivity (Wildman–Crippen MR) is 79.2 cm³/mol. The van der Waals surface area contributed by atoms with E-state index in [1.165, 1.54) is 18.4 Å². The van der Waals surface area contributed by atoms with Crippen molar-refractivity contribution in [2.24, 2.45) is 0 Å². The molecule has 2 rings (SSSR count). The lowest BCUT2D eigenvalue weighted by Crippen LogP contribution is -1.99. The van der Waals surface area contributed by atoms with Crippen molar-refractivity contribution < 1.29 is 4.79 Å². The molecule has 1 aliphatic rings. The van der Waals surface area contributed by atoms with Crippen molar-refractivity contribution in [1.29, 1.82) is 0 Å². The van der Waals surface area contributed by atoms with E-state index >= 15 is 0 Å². The molecule has 0 saturated heterocycles. The molecule has 1 aliphatic carbocycles. The Bertz CT molecular complexity index is 312. The number of hydrogen-bond donors (Lipinski definition) is 0. The van der Waals surface area contributed by atoms with Crippen molar-refractivity contribution >= 4 is 21.7 Å². The number of hydrogen-bond acceptors (Lipinski definition) is 1. The molecule has 0 bridgehead atoms. The molecule has 0 heterocycles. The van der Waals surface area contributed by atoms with Gasteiger partial charge in [0.15, 0.2) is 5.78 Å². The molecule has 1 fully saturated rings. The summed E-state index contributed by atoms with van der Waals surface area (Å²) in [4.78, 5) is 11.3. The van der Waals surface area contributed by atoms with E-state index < -0.39 is 0 Å². The molecule has 0 amide bonds. The van der Waals surface area contributed by atoms with E-state index in [9.17, 15) is 4.79 Å². The number of rotatable bonds is 3. The summed E-state index contributed by atoms with van der Waals surface area (Å²) in [6, 6.07) is 8.01. The van der Waals surface area contributed by atoms with Gasteiger partial charge in [-0.3, -0.25) is 4.79 Å². The zero-order chi connectivity index (χ0) is 13.3. The van der Waals surface area contributed by atoms with E-state index in [4.69, 9.17) is 0 Å². The SMILES string of the molecule is CC.CC.O=C(CBr)c1ccc(C2CC2)cc1. The van der Waals surface area contributed by atoms with Gasteiger partial charge < -0.3 is 0 Å². The Hall–Kier alpha value is -0.630. The zero-order valence-corrected chi connectivity index (χ0v) is 12.9. The van der Waals surface area contributed by atoms with E-state index in [-0.39, 0.29) is 5.78 Å². The third kappa shape index (κ3) is 5.49. The van der Waals surface area contributed by atoms with Crippen LogP contribution in [0.1, 0.15) is 62.4 Å². The van der Waals surface area contributed by atoms with Crippen molar-refractivity contribution in [2.45, 2.75) is 46.5 Å². The summed E-state index contributed by atoms with van der Waals surface area (Å²) < 4.78 is 0. The van der Waals surface area contributed by atoms with Crippen LogP contribution in [0.2, 0.25) is 0 Å². The van der Waals surface area contributed by atoms with Gasteiger partial charge in [-0.1, -0.05) is 67.9 Å². The molecule has 0 atom stereocenters. The van der Waals surface area contributed by atoms with Gasteiger partial charge in [0.1, 0.15) is 0 Å². The molecular weight excluding hydrogens is 276 g/mol. The average molecular weight is 299 g/mol. The molecule has 2 heteroatoms. The van der Waals surface area contributed by atoms with E-state index in [0.717, 1.165) is 11.5 Å². The van der Waals surface area contributed by atoms with Crippen molar-refractivity contribution in [3.63, 3.8) is 0 Å². The summed E-state index contributed by atoms with van der Waals surface area (Å²) in [6.07, 6.45) is 2.62. The van der Waals surface area contributed by atoms with Crippen LogP contribution in [0.4, 0.5) is 0 Å².